The highest BCUT2D eigenvalue weighted by atomic mass is 32.2. The Kier molecular flexibility index (Phi) is 11.9. The Morgan fingerprint density at radius 3 is 2.52 bits per heavy atom. The van der Waals surface area contributed by atoms with Crippen LogP contribution in [0.5, 0.6) is 11.6 Å². The number of fused-ring (bicyclic) bond motifs is 3. The quantitative estimate of drug-likeness (QED) is 0.238. The van der Waals surface area contributed by atoms with Crippen molar-refractivity contribution in [3.63, 3.8) is 0 Å². The molecule has 0 spiro atoms. The van der Waals surface area contributed by atoms with Crippen molar-refractivity contribution in [3.05, 3.63) is 42.4 Å². The van der Waals surface area contributed by atoms with E-state index in [-0.39, 0.29) is 55.2 Å². The van der Waals surface area contributed by atoms with Crippen LogP contribution in [-0.2, 0) is 29.1 Å². The fourth-order valence-corrected chi connectivity index (χ4v) is 9.18. The molecule has 318 valence electrons. The molecule has 3 fully saturated rings. The molecule has 3 heterocycles. The van der Waals surface area contributed by atoms with E-state index in [1.165, 1.54) is 13.3 Å². The summed E-state index contributed by atoms with van der Waals surface area (Å²) in [6, 6.07) is 0.934. The Labute approximate surface area is 331 Å². The lowest BCUT2D eigenvalue weighted by molar-refractivity contribution is -0.197. The van der Waals surface area contributed by atoms with Gasteiger partial charge in [-0.2, -0.15) is 13.2 Å². The number of amides is 4. The van der Waals surface area contributed by atoms with Gasteiger partial charge in [0.05, 0.1) is 19.0 Å². The molecule has 8 atom stereocenters. The number of alkyl halides is 4. The Bertz CT molecular complexity index is 2080. The smallest absolute Gasteiger partial charge is 0.425 e. The van der Waals surface area contributed by atoms with Crippen LogP contribution in [0.4, 0.5) is 26.7 Å². The number of allylic oxidation sites excluding steroid dienone is 1. The minimum absolute atomic E-state index is 0.00872. The number of aromatic nitrogens is 1. The topological polar surface area (TPSA) is 182 Å². The van der Waals surface area contributed by atoms with Gasteiger partial charge in [-0.25, -0.2) is 27.0 Å². The fraction of sp³-hybridized carbons (Fsp3) is 0.605. The monoisotopic (exact) mass is 843 g/mol. The second-order valence-electron chi connectivity index (χ2n) is 15.9. The summed E-state index contributed by atoms with van der Waals surface area (Å²) >= 11 is 0. The minimum Gasteiger partial charge on any atom is -0.496 e. The number of sulfonamides is 1. The molecule has 20 heteroatoms. The number of methoxy groups -OCH3 is 1. The molecule has 2 saturated carbocycles. The first-order valence-corrected chi connectivity index (χ1v) is 20.5. The van der Waals surface area contributed by atoms with Gasteiger partial charge >= 0.3 is 12.3 Å². The predicted octanol–water partition coefficient (Wildman–Crippen LogP) is 4.61. The van der Waals surface area contributed by atoms with Gasteiger partial charge in [0.2, 0.25) is 27.7 Å². The number of carbonyl (C=O) groups is 4. The van der Waals surface area contributed by atoms with Gasteiger partial charge < -0.3 is 29.7 Å². The zero-order valence-corrected chi connectivity index (χ0v) is 33.1. The van der Waals surface area contributed by atoms with Crippen LogP contribution in [0, 0.1) is 23.6 Å². The molecular weight excluding hydrogens is 798 g/mol. The number of hydrogen-bond donors (Lipinski definition) is 3. The van der Waals surface area contributed by atoms with Crippen LogP contribution >= 0.6 is 0 Å². The number of alkyl carbamates (subject to hydrolysis) is 1. The molecular formula is C38H46F5N5O9S. The van der Waals surface area contributed by atoms with Gasteiger partial charge in [-0.15, -0.1) is 0 Å². The van der Waals surface area contributed by atoms with E-state index in [1.807, 2.05) is 11.6 Å². The van der Waals surface area contributed by atoms with E-state index in [4.69, 9.17) is 9.47 Å². The van der Waals surface area contributed by atoms with Crippen LogP contribution in [-0.4, -0.2) is 103 Å². The number of carbonyl (C=O) groups excluding carboxylic acids is 4. The lowest BCUT2D eigenvalue weighted by atomic mass is 9.88. The second kappa shape index (κ2) is 16.1. The molecule has 8 unspecified atom stereocenters. The summed E-state index contributed by atoms with van der Waals surface area (Å²) in [4.78, 5) is 61.1. The van der Waals surface area contributed by atoms with Gasteiger partial charge in [0.1, 0.15) is 46.7 Å². The van der Waals surface area contributed by atoms with Crippen molar-refractivity contribution in [3.8, 4) is 11.6 Å². The van der Waals surface area contributed by atoms with Gasteiger partial charge in [0.15, 0.2) is 6.10 Å². The second-order valence-corrected chi connectivity index (χ2v) is 17.9. The minimum atomic E-state index is -4.89. The molecule has 0 radical (unpaired) electrons. The highest BCUT2D eigenvalue weighted by Gasteiger charge is 2.64. The molecule has 58 heavy (non-hydrogen) atoms. The van der Waals surface area contributed by atoms with E-state index in [0.717, 1.165) is 17.0 Å². The third kappa shape index (κ3) is 8.66. The number of benzene rings is 1. The molecule has 0 bridgehead atoms. The van der Waals surface area contributed by atoms with E-state index in [9.17, 15) is 49.5 Å². The Morgan fingerprint density at radius 2 is 1.86 bits per heavy atom. The number of hydrogen-bond acceptors (Lipinski definition) is 10. The van der Waals surface area contributed by atoms with E-state index < -0.39 is 98.9 Å². The van der Waals surface area contributed by atoms with E-state index in [2.05, 4.69) is 20.4 Å². The van der Waals surface area contributed by atoms with Gasteiger partial charge in [-0.1, -0.05) is 26.0 Å². The van der Waals surface area contributed by atoms with Crippen LogP contribution < -0.4 is 24.8 Å². The lowest BCUT2D eigenvalue weighted by Crippen LogP contribution is -2.59. The van der Waals surface area contributed by atoms with Crippen molar-refractivity contribution in [2.75, 3.05) is 20.3 Å². The first-order valence-electron chi connectivity index (χ1n) is 19.0. The zero-order chi connectivity index (χ0) is 42.4. The summed E-state index contributed by atoms with van der Waals surface area (Å²) in [6.07, 6.45) is -4.03. The third-order valence-corrected chi connectivity index (χ3v) is 13.7. The SMILES string of the molecule is COc1cc(F)cc2c(OC3CC4C(=O)NC5(C(=O)NS(=O)(=O)C6(CF)CC6)CC5C=CCCC(C)CC(C)C(NC(=O)OC(C)C(F)(F)F)C(=O)N4C3)nccc12. The van der Waals surface area contributed by atoms with Crippen molar-refractivity contribution in [1.29, 1.82) is 0 Å². The van der Waals surface area contributed by atoms with E-state index in [0.29, 0.717) is 31.6 Å². The summed E-state index contributed by atoms with van der Waals surface area (Å²) < 4.78 is 111. The Balaban J connectivity index is 1.36. The van der Waals surface area contributed by atoms with Crippen LogP contribution in [0.3, 0.4) is 0 Å². The standard InChI is InChI=1S/C38H46F5N5O9S/c1-20-7-5-6-8-23-17-37(23,34(51)47-58(53,54)36(19-39)10-11-36)46-31(49)28-16-25(57-32-27-14-24(40)15-29(55-4)26(27)9-12-44-32)18-48(28)33(50)30(21(2)13-20)45-35(52)56-22(3)38(41,42)43/h6,8-9,12,14-15,20-23,25,28,30H,5,7,10-11,13,16-19H2,1-4H3,(H,45,52)(H,46,49)(H,47,51). The maximum atomic E-state index is 14.7. The van der Waals surface area contributed by atoms with Crippen molar-refractivity contribution in [2.45, 2.75) is 106 Å². The van der Waals surface area contributed by atoms with E-state index >= 15 is 0 Å². The number of halogens is 5. The predicted molar refractivity (Wildman–Crippen MR) is 197 cm³/mol. The Hall–Kier alpha value is -4.75. The summed E-state index contributed by atoms with van der Waals surface area (Å²) in [7, 11) is -3.14. The maximum absolute atomic E-state index is 14.7. The van der Waals surface area contributed by atoms with Gasteiger partial charge in [0, 0.05) is 30.0 Å². The number of pyridine rings is 1. The molecule has 14 nitrogen and oxygen atoms in total. The van der Waals surface area contributed by atoms with Crippen LogP contribution in [0.25, 0.3) is 10.8 Å². The molecule has 1 saturated heterocycles. The molecule has 2 aliphatic heterocycles. The van der Waals surface area contributed by atoms with Crippen molar-refractivity contribution >= 4 is 44.6 Å². The van der Waals surface area contributed by atoms with Gasteiger partial charge in [-0.3, -0.25) is 19.1 Å². The maximum Gasteiger partial charge on any atom is 0.425 e. The molecule has 1 aromatic heterocycles. The first kappa shape index (κ1) is 42.8. The molecule has 1 aromatic carbocycles. The Morgan fingerprint density at radius 1 is 1.14 bits per heavy atom. The fourth-order valence-electron chi connectivity index (χ4n) is 7.75. The average molecular weight is 844 g/mol. The summed E-state index contributed by atoms with van der Waals surface area (Å²) in [5, 5.41) is 5.60. The van der Waals surface area contributed by atoms with Crippen LogP contribution in [0.2, 0.25) is 0 Å². The number of nitrogens with one attached hydrogen (secondary N) is 3. The summed E-state index contributed by atoms with van der Waals surface area (Å²) in [5.41, 5.74) is -1.81. The number of rotatable bonds is 9. The van der Waals surface area contributed by atoms with Crippen molar-refractivity contribution in [2.24, 2.45) is 17.8 Å². The summed E-state index contributed by atoms with van der Waals surface area (Å²) in [6.45, 7) is 2.59. The molecule has 4 aliphatic rings. The third-order valence-electron chi connectivity index (χ3n) is 11.6. The normalized spacial score (nSPS) is 29.2. The summed E-state index contributed by atoms with van der Waals surface area (Å²) in [5.74, 6) is -4.90. The van der Waals surface area contributed by atoms with Crippen LogP contribution in [0.1, 0.15) is 65.7 Å². The number of nitrogens with zero attached hydrogens (tertiary/aromatic N) is 2. The molecule has 4 amide bonds. The molecule has 2 aromatic rings. The van der Waals surface area contributed by atoms with Crippen molar-refractivity contribution < 1.29 is 63.8 Å². The molecule has 6 rings (SSSR count). The van der Waals surface area contributed by atoms with E-state index in [1.54, 1.807) is 25.1 Å². The number of ether oxygens (including phenoxy) is 3. The van der Waals surface area contributed by atoms with Crippen LogP contribution in [0.15, 0.2) is 36.5 Å². The highest BCUT2D eigenvalue weighted by Crippen LogP contribution is 2.48. The highest BCUT2D eigenvalue weighted by molar-refractivity contribution is 7.91. The lowest BCUT2D eigenvalue weighted by Gasteiger charge is -2.33. The van der Waals surface area contributed by atoms with Crippen molar-refractivity contribution in [1.82, 2.24) is 25.2 Å². The first-order chi connectivity index (χ1) is 27.2. The zero-order valence-electron chi connectivity index (χ0n) is 32.2. The molecule has 2 aliphatic carbocycles. The average Bonchev–Trinajstić information content (AvgIpc) is 4.06. The molecule has 3 N–H and O–H groups in total. The van der Waals surface area contributed by atoms with Gasteiger partial charge in [-0.05, 0) is 69.4 Å². The largest absolute Gasteiger partial charge is 0.496 e. The van der Waals surface area contributed by atoms with Gasteiger partial charge in [0.25, 0.3) is 5.91 Å².